The van der Waals surface area contributed by atoms with E-state index < -0.39 is 6.10 Å². The lowest BCUT2D eigenvalue weighted by Gasteiger charge is -2.18. The average Bonchev–Trinajstić information content (AvgIpc) is 3.08. The van der Waals surface area contributed by atoms with Gasteiger partial charge in [-0.15, -0.1) is 0 Å². The topological polar surface area (TPSA) is 78.9 Å². The van der Waals surface area contributed by atoms with Gasteiger partial charge in [0.25, 0.3) is 0 Å². The van der Waals surface area contributed by atoms with E-state index in [4.69, 9.17) is 14.2 Å². The maximum atomic E-state index is 12.6. The maximum Gasteiger partial charge on any atom is 0.306 e. The van der Waals surface area contributed by atoms with Gasteiger partial charge in [0, 0.05) is 19.3 Å². The first-order valence-electron chi connectivity index (χ1n) is 21.7. The molecule has 0 heterocycles. The molecule has 296 valence electrons. The van der Waals surface area contributed by atoms with Crippen LogP contribution in [0.2, 0.25) is 0 Å². The highest BCUT2D eigenvalue weighted by molar-refractivity contribution is 5.71. The lowest BCUT2D eigenvalue weighted by atomic mass is 10.0. The summed E-state index contributed by atoms with van der Waals surface area (Å²) >= 11 is 0. The van der Waals surface area contributed by atoms with Crippen molar-refractivity contribution in [2.45, 2.75) is 240 Å². The first-order valence-corrected chi connectivity index (χ1v) is 21.7. The highest BCUT2D eigenvalue weighted by Gasteiger charge is 2.19. The van der Waals surface area contributed by atoms with Crippen LogP contribution in [-0.2, 0) is 28.6 Å². The molecule has 0 N–H and O–H groups in total. The van der Waals surface area contributed by atoms with E-state index in [0.29, 0.717) is 19.3 Å². The highest BCUT2D eigenvalue weighted by Crippen LogP contribution is 2.16. The first kappa shape index (κ1) is 48.4. The summed E-state index contributed by atoms with van der Waals surface area (Å²) in [6.07, 6.45) is 33.9. The van der Waals surface area contributed by atoms with Gasteiger partial charge in [-0.25, -0.2) is 0 Å². The molecule has 50 heavy (non-hydrogen) atoms. The van der Waals surface area contributed by atoms with Crippen LogP contribution in [0.4, 0.5) is 0 Å². The van der Waals surface area contributed by atoms with Crippen molar-refractivity contribution in [3.05, 3.63) is 0 Å². The van der Waals surface area contributed by atoms with Gasteiger partial charge in [0.2, 0.25) is 0 Å². The molecule has 0 aliphatic rings. The van der Waals surface area contributed by atoms with Crippen LogP contribution in [0, 0.1) is 11.8 Å². The number of unbranched alkanes of at least 4 members (excludes halogenated alkanes) is 23. The van der Waals surface area contributed by atoms with Gasteiger partial charge in [-0.3, -0.25) is 14.4 Å². The van der Waals surface area contributed by atoms with Crippen molar-refractivity contribution in [3.8, 4) is 0 Å². The van der Waals surface area contributed by atoms with Crippen LogP contribution >= 0.6 is 0 Å². The number of hydrogen-bond donors (Lipinski definition) is 0. The number of ether oxygens (including phenoxy) is 3. The summed E-state index contributed by atoms with van der Waals surface area (Å²) in [6.45, 7) is 11.3. The molecule has 0 fully saturated rings. The second-order valence-electron chi connectivity index (χ2n) is 15.9. The Hall–Kier alpha value is -1.59. The Bertz CT molecular complexity index is 764. The predicted octanol–water partition coefficient (Wildman–Crippen LogP) is 13.4. The Kier molecular flexibility index (Phi) is 36.0. The Morgan fingerprint density at radius 2 is 0.660 bits per heavy atom. The van der Waals surface area contributed by atoms with Crippen LogP contribution in [0.15, 0.2) is 0 Å². The fourth-order valence-corrected chi connectivity index (χ4v) is 6.40. The molecule has 6 nitrogen and oxygen atoms in total. The van der Waals surface area contributed by atoms with Gasteiger partial charge in [-0.2, -0.15) is 0 Å². The van der Waals surface area contributed by atoms with E-state index in [1.165, 1.54) is 122 Å². The first-order chi connectivity index (χ1) is 24.2. The smallest absolute Gasteiger partial charge is 0.306 e. The van der Waals surface area contributed by atoms with Crippen molar-refractivity contribution in [2.75, 3.05) is 13.2 Å². The van der Waals surface area contributed by atoms with Gasteiger partial charge in [0.05, 0.1) is 0 Å². The summed E-state index contributed by atoms with van der Waals surface area (Å²) in [5.41, 5.74) is 0. The Balaban J connectivity index is 4.26. The summed E-state index contributed by atoms with van der Waals surface area (Å²) in [7, 11) is 0. The van der Waals surface area contributed by atoms with Crippen LogP contribution in [0.3, 0.4) is 0 Å². The summed E-state index contributed by atoms with van der Waals surface area (Å²) in [5.74, 6) is 0.755. The largest absolute Gasteiger partial charge is 0.462 e. The molecule has 0 bridgehead atoms. The highest BCUT2D eigenvalue weighted by atomic mass is 16.6. The zero-order chi connectivity index (χ0) is 36.9. The van der Waals surface area contributed by atoms with Gasteiger partial charge in [-0.1, -0.05) is 195 Å². The fourth-order valence-electron chi connectivity index (χ4n) is 6.40. The second kappa shape index (κ2) is 37.2. The van der Waals surface area contributed by atoms with Crippen LogP contribution < -0.4 is 0 Å². The summed E-state index contributed by atoms with van der Waals surface area (Å²) in [4.78, 5) is 37.5. The number of carbonyl (C=O) groups is 3. The molecule has 0 aromatic heterocycles. The SMILES string of the molecule is CCCCCCCCCC(=O)O[C@@H](COC(=O)CCCCCCCCCCCCCC(C)C)COC(=O)CCCCCCCCCCC(C)C. The Labute approximate surface area is 310 Å². The van der Waals surface area contributed by atoms with Gasteiger partial charge >= 0.3 is 17.9 Å². The summed E-state index contributed by atoms with van der Waals surface area (Å²) < 4.78 is 16.6. The number of esters is 3. The molecular formula is C44H84O6. The molecule has 0 rings (SSSR count). The van der Waals surface area contributed by atoms with Crippen LogP contribution in [-0.4, -0.2) is 37.2 Å². The third kappa shape index (κ3) is 37.7. The van der Waals surface area contributed by atoms with E-state index in [-0.39, 0.29) is 31.1 Å². The standard InChI is InChI=1S/C44H84O6/c1-6-7-8-9-17-26-31-36-44(47)50-41(38-49-43(46)35-30-25-21-16-15-19-23-28-33-40(4)5)37-48-42(45)34-29-24-20-14-12-10-11-13-18-22-27-32-39(2)3/h39-41H,6-38H2,1-5H3/t41-/m0/s1. The minimum absolute atomic E-state index is 0.0660. The maximum absolute atomic E-state index is 12.6. The van der Waals surface area contributed by atoms with Gasteiger partial charge in [0.1, 0.15) is 13.2 Å². The minimum atomic E-state index is -0.758. The molecule has 0 amide bonds. The van der Waals surface area contributed by atoms with Crippen molar-refractivity contribution >= 4 is 17.9 Å². The zero-order valence-electron chi connectivity index (χ0n) is 34.0. The van der Waals surface area contributed by atoms with Gasteiger partial charge in [-0.05, 0) is 31.1 Å². The van der Waals surface area contributed by atoms with Crippen molar-refractivity contribution < 1.29 is 28.6 Å². The fraction of sp³-hybridized carbons (Fsp3) is 0.932. The van der Waals surface area contributed by atoms with E-state index in [1.807, 2.05) is 0 Å². The Morgan fingerprint density at radius 3 is 0.980 bits per heavy atom. The number of rotatable bonds is 38. The number of carbonyl (C=O) groups excluding carboxylic acids is 3. The lowest BCUT2D eigenvalue weighted by molar-refractivity contribution is -0.167. The Morgan fingerprint density at radius 1 is 0.380 bits per heavy atom. The molecule has 0 saturated heterocycles. The molecule has 6 heteroatoms. The summed E-state index contributed by atoms with van der Waals surface area (Å²) in [5, 5.41) is 0. The van der Waals surface area contributed by atoms with Gasteiger partial charge in [0.15, 0.2) is 6.10 Å². The molecular weight excluding hydrogens is 624 g/mol. The number of hydrogen-bond acceptors (Lipinski definition) is 6. The lowest BCUT2D eigenvalue weighted by Crippen LogP contribution is -2.30. The second-order valence-corrected chi connectivity index (χ2v) is 15.9. The average molecular weight is 709 g/mol. The van der Waals surface area contributed by atoms with Crippen molar-refractivity contribution in [3.63, 3.8) is 0 Å². The normalized spacial score (nSPS) is 12.1. The van der Waals surface area contributed by atoms with Crippen molar-refractivity contribution in [1.82, 2.24) is 0 Å². The van der Waals surface area contributed by atoms with E-state index in [0.717, 1.165) is 69.6 Å². The van der Waals surface area contributed by atoms with Crippen molar-refractivity contribution in [2.24, 2.45) is 11.8 Å². The molecule has 0 unspecified atom stereocenters. The molecule has 0 aliphatic heterocycles. The van der Waals surface area contributed by atoms with E-state index in [9.17, 15) is 14.4 Å². The van der Waals surface area contributed by atoms with Gasteiger partial charge < -0.3 is 14.2 Å². The molecule has 0 radical (unpaired) electrons. The van der Waals surface area contributed by atoms with E-state index in [1.54, 1.807) is 0 Å². The van der Waals surface area contributed by atoms with Crippen LogP contribution in [0.1, 0.15) is 234 Å². The monoisotopic (exact) mass is 709 g/mol. The molecule has 0 aromatic carbocycles. The molecule has 0 aromatic rings. The molecule has 1 atom stereocenters. The van der Waals surface area contributed by atoms with Crippen LogP contribution in [0.5, 0.6) is 0 Å². The summed E-state index contributed by atoms with van der Waals surface area (Å²) in [6, 6.07) is 0. The quantitative estimate of drug-likeness (QED) is 0.0361. The third-order valence-corrected chi connectivity index (χ3v) is 9.72. The predicted molar refractivity (Wildman–Crippen MR) is 210 cm³/mol. The molecule has 0 spiro atoms. The van der Waals surface area contributed by atoms with Crippen molar-refractivity contribution in [1.29, 1.82) is 0 Å². The van der Waals surface area contributed by atoms with E-state index >= 15 is 0 Å². The van der Waals surface area contributed by atoms with Crippen LogP contribution in [0.25, 0.3) is 0 Å². The van der Waals surface area contributed by atoms with E-state index in [2.05, 4.69) is 34.6 Å². The third-order valence-electron chi connectivity index (χ3n) is 9.72. The minimum Gasteiger partial charge on any atom is -0.462 e. The molecule has 0 aliphatic carbocycles. The zero-order valence-corrected chi connectivity index (χ0v) is 34.0. The molecule has 0 saturated carbocycles.